The minimum Gasteiger partial charge on any atom is -0.494 e. The van der Waals surface area contributed by atoms with Crippen LogP contribution in [0.1, 0.15) is 55.8 Å². The molecule has 1 unspecified atom stereocenters. The standard InChI is InChI=1S/C24H32N4O3/c1-3-30-21-13-16(15-27-19-6-5-7-19)12-18(14-21)22(24(29)31-4-2)28-20-10-8-17(9-11-20)23(25)26/h8-14,19,22,27-28H,3-7,15H2,1-2H3,(H3,25,26). The Hall–Kier alpha value is -3.06. The predicted octanol–water partition coefficient (Wildman–Crippen LogP) is 3.73. The molecular formula is C24H32N4O3. The Bertz CT molecular complexity index is 894. The molecule has 1 aliphatic carbocycles. The Morgan fingerprint density at radius 2 is 1.90 bits per heavy atom. The number of nitrogen functional groups attached to an aromatic ring is 1. The Kier molecular flexibility index (Phi) is 7.89. The lowest BCUT2D eigenvalue weighted by Gasteiger charge is -2.27. The molecule has 0 heterocycles. The van der Waals surface area contributed by atoms with Crippen LogP contribution in [0.2, 0.25) is 0 Å². The summed E-state index contributed by atoms with van der Waals surface area (Å²) in [6.45, 7) is 5.30. The zero-order valence-corrected chi connectivity index (χ0v) is 18.2. The fourth-order valence-corrected chi connectivity index (χ4v) is 3.50. The summed E-state index contributed by atoms with van der Waals surface area (Å²) in [6, 6.07) is 12.9. The second kappa shape index (κ2) is 10.8. The largest absolute Gasteiger partial charge is 0.494 e. The number of carbonyl (C=O) groups is 1. The van der Waals surface area contributed by atoms with E-state index < -0.39 is 6.04 Å². The molecule has 0 radical (unpaired) electrons. The highest BCUT2D eigenvalue weighted by Crippen LogP contribution is 2.27. The average molecular weight is 425 g/mol. The van der Waals surface area contributed by atoms with Crippen molar-refractivity contribution >= 4 is 17.5 Å². The monoisotopic (exact) mass is 424 g/mol. The van der Waals surface area contributed by atoms with Gasteiger partial charge in [-0.05, 0) is 74.2 Å². The SMILES string of the molecule is CCOC(=O)C(Nc1ccc(C(=N)N)cc1)c1cc(CNC2CCC2)cc(OCC)c1. The molecule has 3 rings (SSSR count). The summed E-state index contributed by atoms with van der Waals surface area (Å²) in [5.41, 5.74) is 8.75. The molecule has 0 aliphatic heterocycles. The number of hydrogen-bond donors (Lipinski definition) is 4. The van der Waals surface area contributed by atoms with Gasteiger partial charge >= 0.3 is 5.97 Å². The quantitative estimate of drug-likeness (QED) is 0.249. The fourth-order valence-electron chi connectivity index (χ4n) is 3.50. The average Bonchev–Trinajstić information content (AvgIpc) is 2.71. The van der Waals surface area contributed by atoms with E-state index in [1.54, 1.807) is 31.2 Å². The van der Waals surface area contributed by atoms with Crippen molar-refractivity contribution in [1.82, 2.24) is 5.32 Å². The van der Waals surface area contributed by atoms with E-state index in [1.165, 1.54) is 19.3 Å². The third kappa shape index (κ3) is 6.21. The summed E-state index contributed by atoms with van der Waals surface area (Å²) < 4.78 is 11.1. The molecule has 0 bridgehead atoms. The van der Waals surface area contributed by atoms with Crippen molar-refractivity contribution in [3.63, 3.8) is 0 Å². The van der Waals surface area contributed by atoms with Crippen molar-refractivity contribution in [2.45, 2.75) is 51.7 Å². The van der Waals surface area contributed by atoms with Gasteiger partial charge in [-0.2, -0.15) is 0 Å². The van der Waals surface area contributed by atoms with E-state index in [4.69, 9.17) is 20.6 Å². The number of anilines is 1. The first-order valence-corrected chi connectivity index (χ1v) is 10.9. The molecule has 1 fully saturated rings. The van der Waals surface area contributed by atoms with Crippen molar-refractivity contribution in [2.24, 2.45) is 5.73 Å². The molecule has 2 aromatic rings. The van der Waals surface area contributed by atoms with Crippen LogP contribution in [0.25, 0.3) is 0 Å². The smallest absolute Gasteiger partial charge is 0.333 e. The number of hydrogen-bond acceptors (Lipinski definition) is 6. The molecule has 2 aromatic carbocycles. The number of carbonyl (C=O) groups excluding carboxylic acids is 1. The molecule has 1 aliphatic rings. The zero-order valence-electron chi connectivity index (χ0n) is 18.2. The third-order valence-corrected chi connectivity index (χ3v) is 5.36. The molecule has 1 atom stereocenters. The van der Waals surface area contributed by atoms with Crippen LogP contribution in [0.15, 0.2) is 42.5 Å². The first-order valence-electron chi connectivity index (χ1n) is 10.9. The maximum absolute atomic E-state index is 12.8. The molecular weight excluding hydrogens is 392 g/mol. The number of amidine groups is 1. The van der Waals surface area contributed by atoms with Crippen molar-refractivity contribution in [3.05, 3.63) is 59.2 Å². The second-order valence-corrected chi connectivity index (χ2v) is 7.67. The Balaban J connectivity index is 1.87. The molecule has 0 amide bonds. The summed E-state index contributed by atoms with van der Waals surface area (Å²) in [5, 5.41) is 14.4. The number of esters is 1. The van der Waals surface area contributed by atoms with Gasteiger partial charge in [0.25, 0.3) is 0 Å². The van der Waals surface area contributed by atoms with E-state index in [9.17, 15) is 4.79 Å². The van der Waals surface area contributed by atoms with Gasteiger partial charge in [0.2, 0.25) is 0 Å². The lowest BCUT2D eigenvalue weighted by molar-refractivity contribution is -0.144. The van der Waals surface area contributed by atoms with Gasteiger partial charge in [0.15, 0.2) is 6.04 Å². The molecule has 5 N–H and O–H groups in total. The van der Waals surface area contributed by atoms with Gasteiger partial charge in [-0.3, -0.25) is 5.41 Å². The van der Waals surface area contributed by atoms with Gasteiger partial charge in [-0.1, -0.05) is 12.5 Å². The van der Waals surface area contributed by atoms with Crippen molar-refractivity contribution in [1.29, 1.82) is 5.41 Å². The van der Waals surface area contributed by atoms with Gasteiger partial charge in [0, 0.05) is 23.8 Å². The van der Waals surface area contributed by atoms with Crippen LogP contribution < -0.4 is 21.1 Å². The van der Waals surface area contributed by atoms with Gasteiger partial charge in [-0.15, -0.1) is 0 Å². The van der Waals surface area contributed by atoms with E-state index >= 15 is 0 Å². The fraction of sp³-hybridized carbons (Fsp3) is 0.417. The van der Waals surface area contributed by atoms with Gasteiger partial charge in [0.1, 0.15) is 11.6 Å². The van der Waals surface area contributed by atoms with Crippen molar-refractivity contribution in [3.8, 4) is 5.75 Å². The normalized spacial score (nSPS) is 14.4. The molecule has 0 aromatic heterocycles. The van der Waals surface area contributed by atoms with Crippen molar-refractivity contribution < 1.29 is 14.3 Å². The van der Waals surface area contributed by atoms with E-state index in [-0.39, 0.29) is 11.8 Å². The minimum absolute atomic E-state index is 0.00140. The van der Waals surface area contributed by atoms with E-state index in [0.29, 0.717) is 24.8 Å². The first-order chi connectivity index (χ1) is 15.0. The number of ether oxygens (including phenoxy) is 2. The van der Waals surface area contributed by atoms with Gasteiger partial charge in [0.05, 0.1) is 13.2 Å². The van der Waals surface area contributed by atoms with E-state index in [1.807, 2.05) is 25.1 Å². The van der Waals surface area contributed by atoms with Crippen LogP contribution in [0.4, 0.5) is 5.69 Å². The van der Waals surface area contributed by atoms with E-state index in [0.717, 1.165) is 29.1 Å². The van der Waals surface area contributed by atoms with Gasteiger partial charge in [-0.25, -0.2) is 4.79 Å². The topological polar surface area (TPSA) is 109 Å². The number of nitrogens with one attached hydrogen (secondary N) is 3. The molecule has 1 saturated carbocycles. The number of nitrogens with two attached hydrogens (primary N) is 1. The van der Waals surface area contributed by atoms with E-state index in [2.05, 4.69) is 10.6 Å². The second-order valence-electron chi connectivity index (χ2n) is 7.67. The molecule has 166 valence electrons. The van der Waals surface area contributed by atoms with Crippen LogP contribution in [0.3, 0.4) is 0 Å². The maximum Gasteiger partial charge on any atom is 0.333 e. The lowest BCUT2D eigenvalue weighted by atomic mass is 9.93. The highest BCUT2D eigenvalue weighted by molar-refractivity contribution is 5.95. The van der Waals surface area contributed by atoms with Crippen LogP contribution in [-0.4, -0.2) is 31.1 Å². The molecule has 31 heavy (non-hydrogen) atoms. The third-order valence-electron chi connectivity index (χ3n) is 5.36. The molecule has 7 heteroatoms. The predicted molar refractivity (Wildman–Crippen MR) is 123 cm³/mol. The Morgan fingerprint density at radius 1 is 1.16 bits per heavy atom. The zero-order chi connectivity index (χ0) is 22.2. The summed E-state index contributed by atoms with van der Waals surface area (Å²) in [5.74, 6) is 0.375. The summed E-state index contributed by atoms with van der Waals surface area (Å²) >= 11 is 0. The molecule has 7 nitrogen and oxygen atoms in total. The summed E-state index contributed by atoms with van der Waals surface area (Å²) in [4.78, 5) is 12.8. The Labute approximate surface area is 183 Å². The van der Waals surface area contributed by atoms with Crippen LogP contribution in [-0.2, 0) is 16.1 Å². The highest BCUT2D eigenvalue weighted by atomic mass is 16.5. The lowest BCUT2D eigenvalue weighted by Crippen LogP contribution is -2.34. The maximum atomic E-state index is 12.8. The van der Waals surface area contributed by atoms with Crippen LogP contribution in [0.5, 0.6) is 5.75 Å². The summed E-state index contributed by atoms with van der Waals surface area (Å²) in [7, 11) is 0. The van der Waals surface area contributed by atoms with Gasteiger partial charge < -0.3 is 25.8 Å². The molecule has 0 spiro atoms. The number of rotatable bonds is 11. The molecule has 0 saturated heterocycles. The van der Waals surface area contributed by atoms with Crippen LogP contribution in [0, 0.1) is 5.41 Å². The Morgan fingerprint density at radius 3 is 2.48 bits per heavy atom. The number of benzene rings is 2. The first kappa shape index (κ1) is 22.6. The minimum atomic E-state index is -0.689. The van der Waals surface area contributed by atoms with Crippen LogP contribution >= 0.6 is 0 Å². The highest BCUT2D eigenvalue weighted by Gasteiger charge is 2.24. The summed E-state index contributed by atoms with van der Waals surface area (Å²) in [6.07, 6.45) is 3.70. The van der Waals surface area contributed by atoms with Crippen molar-refractivity contribution in [2.75, 3.05) is 18.5 Å².